The molecule has 3 rings (SSSR count). The summed E-state index contributed by atoms with van der Waals surface area (Å²) in [4.78, 5) is 16.2. The maximum Gasteiger partial charge on any atom is 0.274 e. The maximum atomic E-state index is 13.5. The maximum absolute atomic E-state index is 13.5. The van der Waals surface area contributed by atoms with E-state index < -0.39 is 17.5 Å². The number of phenolic OH excluding ortho intramolecular Hbond substituents is 1. The van der Waals surface area contributed by atoms with Crippen molar-refractivity contribution in [1.82, 2.24) is 4.98 Å². The lowest BCUT2D eigenvalue weighted by atomic mass is 10.2. The zero-order valence-corrected chi connectivity index (χ0v) is 11.2. The summed E-state index contributed by atoms with van der Waals surface area (Å²) < 4.78 is 26.4. The first-order valence-corrected chi connectivity index (χ1v) is 6.40. The standard InChI is InChI=1S/C16H10F2N2O2/c17-10-5-7-12(11(18)8-10)20-16(22)13-6-4-9-2-1-3-14(21)15(9)19-13/h1-8,21H,(H,20,22). The Bertz CT molecular complexity index is 881. The number of carbonyl (C=O) groups excluding carboxylic acids is 1. The fourth-order valence-electron chi connectivity index (χ4n) is 2.04. The minimum absolute atomic E-state index is 0.0118. The number of hydrogen-bond acceptors (Lipinski definition) is 3. The van der Waals surface area contributed by atoms with Crippen LogP contribution in [0.3, 0.4) is 0 Å². The average Bonchev–Trinajstić information content (AvgIpc) is 2.50. The summed E-state index contributed by atoms with van der Waals surface area (Å²) in [6.07, 6.45) is 0. The van der Waals surface area contributed by atoms with E-state index in [1.54, 1.807) is 18.2 Å². The second-order valence-electron chi connectivity index (χ2n) is 4.62. The largest absolute Gasteiger partial charge is 0.506 e. The van der Waals surface area contributed by atoms with Gasteiger partial charge in [-0.2, -0.15) is 0 Å². The van der Waals surface area contributed by atoms with Crippen LogP contribution in [0.25, 0.3) is 10.9 Å². The number of carbonyl (C=O) groups is 1. The average molecular weight is 300 g/mol. The van der Waals surface area contributed by atoms with Gasteiger partial charge in [0.05, 0.1) is 5.69 Å². The Kier molecular flexibility index (Phi) is 3.42. The zero-order valence-electron chi connectivity index (χ0n) is 11.2. The number of amides is 1. The molecule has 3 aromatic rings. The molecule has 1 heterocycles. The Morgan fingerprint density at radius 1 is 1.09 bits per heavy atom. The number of rotatable bonds is 2. The molecule has 110 valence electrons. The molecule has 0 bridgehead atoms. The lowest BCUT2D eigenvalue weighted by Crippen LogP contribution is -2.14. The number of pyridine rings is 1. The van der Waals surface area contributed by atoms with Crippen molar-refractivity contribution in [2.45, 2.75) is 0 Å². The molecule has 0 atom stereocenters. The first-order chi connectivity index (χ1) is 10.5. The number of para-hydroxylation sites is 1. The van der Waals surface area contributed by atoms with Gasteiger partial charge in [-0.15, -0.1) is 0 Å². The van der Waals surface area contributed by atoms with Gasteiger partial charge in [0, 0.05) is 11.5 Å². The Balaban J connectivity index is 1.93. The van der Waals surface area contributed by atoms with Gasteiger partial charge in [0.25, 0.3) is 5.91 Å². The molecule has 0 saturated carbocycles. The molecule has 0 spiro atoms. The summed E-state index contributed by atoms with van der Waals surface area (Å²) in [6, 6.07) is 10.8. The summed E-state index contributed by atoms with van der Waals surface area (Å²) in [7, 11) is 0. The van der Waals surface area contributed by atoms with Crippen LogP contribution in [-0.2, 0) is 0 Å². The minimum atomic E-state index is -0.878. The highest BCUT2D eigenvalue weighted by Crippen LogP contribution is 2.23. The first kappa shape index (κ1) is 13.9. The summed E-state index contributed by atoms with van der Waals surface area (Å²) in [6.45, 7) is 0. The number of phenols is 1. The zero-order chi connectivity index (χ0) is 15.7. The molecule has 0 unspecified atom stereocenters. The van der Waals surface area contributed by atoms with Crippen molar-refractivity contribution in [3.05, 3.63) is 65.9 Å². The van der Waals surface area contributed by atoms with Crippen LogP contribution in [0.15, 0.2) is 48.5 Å². The van der Waals surface area contributed by atoms with Crippen LogP contribution in [0.5, 0.6) is 5.75 Å². The van der Waals surface area contributed by atoms with Crippen molar-refractivity contribution < 1.29 is 18.7 Å². The van der Waals surface area contributed by atoms with E-state index in [1.165, 1.54) is 12.1 Å². The predicted octanol–water partition coefficient (Wildman–Crippen LogP) is 3.47. The third-order valence-corrected chi connectivity index (χ3v) is 3.11. The van der Waals surface area contributed by atoms with Crippen LogP contribution >= 0.6 is 0 Å². The number of benzene rings is 2. The summed E-state index contributed by atoms with van der Waals surface area (Å²) in [5, 5.41) is 12.7. The van der Waals surface area contributed by atoms with Gasteiger partial charge in [-0.3, -0.25) is 4.79 Å². The molecule has 1 amide bonds. The summed E-state index contributed by atoms with van der Waals surface area (Å²) >= 11 is 0. The number of aromatic hydroxyl groups is 1. The third kappa shape index (κ3) is 2.58. The Morgan fingerprint density at radius 3 is 2.68 bits per heavy atom. The molecule has 2 aromatic carbocycles. The van der Waals surface area contributed by atoms with Crippen molar-refractivity contribution in [2.75, 3.05) is 5.32 Å². The second kappa shape index (κ2) is 5.40. The van der Waals surface area contributed by atoms with E-state index in [9.17, 15) is 18.7 Å². The lowest BCUT2D eigenvalue weighted by molar-refractivity contribution is 0.102. The number of nitrogens with one attached hydrogen (secondary N) is 1. The second-order valence-corrected chi connectivity index (χ2v) is 4.62. The van der Waals surface area contributed by atoms with Crippen molar-refractivity contribution in [1.29, 1.82) is 0 Å². The minimum Gasteiger partial charge on any atom is -0.506 e. The monoisotopic (exact) mass is 300 g/mol. The van der Waals surface area contributed by atoms with E-state index in [2.05, 4.69) is 10.3 Å². The number of aromatic nitrogens is 1. The van der Waals surface area contributed by atoms with Crippen LogP contribution in [-0.4, -0.2) is 16.0 Å². The topological polar surface area (TPSA) is 62.2 Å². The molecular formula is C16H10F2N2O2. The fraction of sp³-hybridized carbons (Fsp3) is 0. The molecule has 0 aliphatic rings. The van der Waals surface area contributed by atoms with E-state index in [0.29, 0.717) is 11.5 Å². The molecule has 0 aliphatic carbocycles. The summed E-state index contributed by atoms with van der Waals surface area (Å²) in [5.74, 6) is -2.32. The van der Waals surface area contributed by atoms with Crippen molar-refractivity contribution in [3.8, 4) is 5.75 Å². The van der Waals surface area contributed by atoms with Gasteiger partial charge >= 0.3 is 0 Å². The van der Waals surface area contributed by atoms with Crippen LogP contribution in [0.1, 0.15) is 10.5 Å². The van der Waals surface area contributed by atoms with Gasteiger partial charge < -0.3 is 10.4 Å². The molecule has 4 nitrogen and oxygen atoms in total. The SMILES string of the molecule is O=C(Nc1ccc(F)cc1F)c1ccc2cccc(O)c2n1. The van der Waals surface area contributed by atoms with E-state index in [0.717, 1.165) is 12.1 Å². The fourth-order valence-corrected chi connectivity index (χ4v) is 2.04. The highest BCUT2D eigenvalue weighted by Gasteiger charge is 2.12. The Morgan fingerprint density at radius 2 is 1.91 bits per heavy atom. The Labute approximate surface area is 124 Å². The van der Waals surface area contributed by atoms with Crippen LogP contribution in [0.2, 0.25) is 0 Å². The number of nitrogens with zero attached hydrogens (tertiary/aromatic N) is 1. The predicted molar refractivity (Wildman–Crippen MR) is 77.7 cm³/mol. The molecule has 0 aliphatic heterocycles. The number of halogens is 2. The van der Waals surface area contributed by atoms with E-state index in [-0.39, 0.29) is 22.6 Å². The Hall–Kier alpha value is -3.02. The van der Waals surface area contributed by atoms with Crippen molar-refractivity contribution in [2.24, 2.45) is 0 Å². The van der Waals surface area contributed by atoms with Gasteiger partial charge in [0.15, 0.2) is 0 Å². The highest BCUT2D eigenvalue weighted by atomic mass is 19.1. The van der Waals surface area contributed by atoms with Gasteiger partial charge in [-0.05, 0) is 24.3 Å². The highest BCUT2D eigenvalue weighted by molar-refractivity contribution is 6.04. The van der Waals surface area contributed by atoms with Crippen LogP contribution < -0.4 is 5.32 Å². The normalized spacial score (nSPS) is 10.6. The molecule has 22 heavy (non-hydrogen) atoms. The lowest BCUT2D eigenvalue weighted by Gasteiger charge is -2.07. The van der Waals surface area contributed by atoms with Gasteiger partial charge in [-0.1, -0.05) is 18.2 Å². The summed E-state index contributed by atoms with van der Waals surface area (Å²) in [5.41, 5.74) is 0.137. The van der Waals surface area contributed by atoms with Crippen molar-refractivity contribution >= 4 is 22.5 Å². The molecule has 6 heteroatoms. The van der Waals surface area contributed by atoms with Gasteiger partial charge in [-0.25, -0.2) is 13.8 Å². The van der Waals surface area contributed by atoms with E-state index >= 15 is 0 Å². The molecule has 0 saturated heterocycles. The smallest absolute Gasteiger partial charge is 0.274 e. The number of fused-ring (bicyclic) bond motifs is 1. The third-order valence-electron chi connectivity index (χ3n) is 3.11. The quantitative estimate of drug-likeness (QED) is 0.761. The van der Waals surface area contributed by atoms with E-state index in [1.807, 2.05) is 0 Å². The molecule has 0 radical (unpaired) electrons. The number of hydrogen-bond donors (Lipinski definition) is 2. The van der Waals surface area contributed by atoms with Gasteiger partial charge in [0.2, 0.25) is 0 Å². The van der Waals surface area contributed by atoms with Gasteiger partial charge in [0.1, 0.15) is 28.6 Å². The van der Waals surface area contributed by atoms with E-state index in [4.69, 9.17) is 0 Å². The van der Waals surface area contributed by atoms with Crippen LogP contribution in [0.4, 0.5) is 14.5 Å². The first-order valence-electron chi connectivity index (χ1n) is 6.40. The molecule has 1 aromatic heterocycles. The number of anilines is 1. The van der Waals surface area contributed by atoms with Crippen molar-refractivity contribution in [3.63, 3.8) is 0 Å². The molecule has 2 N–H and O–H groups in total. The molecular weight excluding hydrogens is 290 g/mol. The van der Waals surface area contributed by atoms with Crippen LogP contribution in [0, 0.1) is 11.6 Å². The molecule has 0 fully saturated rings.